The minimum Gasteiger partial charge on any atom is -0.357 e. The molecule has 9 heteroatoms. The van der Waals surface area contributed by atoms with Crippen molar-refractivity contribution in [3.05, 3.63) is 77.5 Å². The summed E-state index contributed by atoms with van der Waals surface area (Å²) in [4.78, 5) is 30.0. The number of hydrazine groups is 1. The molecule has 2 aromatic carbocycles. The molecule has 0 saturated carbocycles. The fraction of sp³-hybridized carbons (Fsp3) is 0.250. The van der Waals surface area contributed by atoms with Crippen LogP contribution in [0.5, 0.6) is 0 Å². The summed E-state index contributed by atoms with van der Waals surface area (Å²) in [5.74, 6) is 3.18. The SMILES string of the molecule is C=Cc1ccc2[nH]c(CNC(=O)N(N)[C@@H]3CCCN(C(=O)c4cccc(F)c4F)C3)cc2c1. The molecule has 0 radical (unpaired) electrons. The van der Waals surface area contributed by atoms with Crippen molar-refractivity contribution in [3.8, 4) is 0 Å². The normalized spacial score (nSPS) is 16.0. The smallest absolute Gasteiger partial charge is 0.332 e. The Kier molecular flexibility index (Phi) is 6.41. The van der Waals surface area contributed by atoms with Gasteiger partial charge in [0.05, 0.1) is 18.2 Å². The molecule has 1 aliphatic rings. The molecular formula is C24H25F2N5O2. The number of nitrogens with two attached hydrogens (primary N) is 1. The topological polar surface area (TPSA) is 94.5 Å². The molecule has 172 valence electrons. The minimum atomic E-state index is -1.18. The number of fused-ring (bicyclic) bond motifs is 1. The summed E-state index contributed by atoms with van der Waals surface area (Å²) in [7, 11) is 0. The Hall–Kier alpha value is -3.72. The van der Waals surface area contributed by atoms with Crippen LogP contribution < -0.4 is 11.2 Å². The monoisotopic (exact) mass is 453 g/mol. The summed E-state index contributed by atoms with van der Waals surface area (Å²) in [6.45, 7) is 4.52. The first-order valence-corrected chi connectivity index (χ1v) is 10.7. The van der Waals surface area contributed by atoms with E-state index in [2.05, 4.69) is 16.9 Å². The summed E-state index contributed by atoms with van der Waals surface area (Å²) in [5.41, 5.74) is 2.43. The lowest BCUT2D eigenvalue weighted by Crippen LogP contribution is -2.57. The number of amides is 3. The van der Waals surface area contributed by atoms with E-state index in [4.69, 9.17) is 5.84 Å². The van der Waals surface area contributed by atoms with E-state index < -0.39 is 29.6 Å². The van der Waals surface area contributed by atoms with Crippen LogP contribution in [0.4, 0.5) is 13.6 Å². The molecule has 1 aromatic heterocycles. The van der Waals surface area contributed by atoms with Crippen LogP contribution in [0, 0.1) is 11.6 Å². The Labute approximate surface area is 189 Å². The van der Waals surface area contributed by atoms with Crippen LogP contribution in [0.15, 0.2) is 49.0 Å². The Morgan fingerprint density at radius 2 is 2.09 bits per heavy atom. The minimum absolute atomic E-state index is 0.134. The van der Waals surface area contributed by atoms with Crippen LogP contribution in [0.2, 0.25) is 0 Å². The van der Waals surface area contributed by atoms with E-state index in [0.29, 0.717) is 19.4 Å². The molecule has 7 nitrogen and oxygen atoms in total. The van der Waals surface area contributed by atoms with Crippen LogP contribution in [0.3, 0.4) is 0 Å². The molecule has 0 unspecified atom stereocenters. The highest BCUT2D eigenvalue weighted by atomic mass is 19.2. The standard InChI is InChI=1S/C24H25F2N5O2/c1-2-15-8-9-21-16(11-15)12-17(29-21)13-28-24(33)31(27)18-5-4-10-30(14-18)23(32)19-6-3-7-20(25)22(19)26/h2-3,6-9,11-12,18,29H,1,4-5,10,13-14,27H2,(H,28,33)/t18-/m1/s1. The van der Waals surface area contributed by atoms with Gasteiger partial charge in [0.25, 0.3) is 5.91 Å². The molecule has 1 saturated heterocycles. The van der Waals surface area contributed by atoms with E-state index in [1.165, 1.54) is 17.0 Å². The van der Waals surface area contributed by atoms with E-state index in [1.54, 1.807) is 6.08 Å². The van der Waals surface area contributed by atoms with Gasteiger partial charge in [0.1, 0.15) is 0 Å². The fourth-order valence-corrected chi connectivity index (χ4v) is 4.07. The molecule has 4 N–H and O–H groups in total. The number of hydrogen-bond donors (Lipinski definition) is 3. The van der Waals surface area contributed by atoms with Crippen molar-refractivity contribution in [2.24, 2.45) is 5.84 Å². The summed E-state index contributed by atoms with van der Waals surface area (Å²) in [6.07, 6.45) is 2.94. The quantitative estimate of drug-likeness (QED) is 0.312. The predicted octanol–water partition coefficient (Wildman–Crippen LogP) is 3.78. The van der Waals surface area contributed by atoms with Gasteiger partial charge in [-0.05, 0) is 48.7 Å². The van der Waals surface area contributed by atoms with Gasteiger partial charge in [-0.3, -0.25) is 9.80 Å². The van der Waals surface area contributed by atoms with Gasteiger partial charge in [0.15, 0.2) is 11.6 Å². The second-order valence-electron chi connectivity index (χ2n) is 8.06. The van der Waals surface area contributed by atoms with Gasteiger partial charge < -0.3 is 15.2 Å². The summed E-state index contributed by atoms with van der Waals surface area (Å²) in [5, 5.41) is 4.85. The summed E-state index contributed by atoms with van der Waals surface area (Å²) < 4.78 is 27.6. The number of likely N-dealkylation sites (tertiary alicyclic amines) is 1. The van der Waals surface area contributed by atoms with Gasteiger partial charge in [0, 0.05) is 29.7 Å². The van der Waals surface area contributed by atoms with Gasteiger partial charge in [0.2, 0.25) is 0 Å². The zero-order valence-corrected chi connectivity index (χ0v) is 18.0. The molecule has 3 aromatic rings. The van der Waals surface area contributed by atoms with E-state index >= 15 is 0 Å². The number of rotatable bonds is 5. The molecule has 3 amide bonds. The van der Waals surface area contributed by atoms with Crippen LogP contribution in [-0.4, -0.2) is 46.0 Å². The number of piperidine rings is 1. The van der Waals surface area contributed by atoms with Gasteiger partial charge >= 0.3 is 6.03 Å². The van der Waals surface area contributed by atoms with Crippen molar-refractivity contribution in [2.45, 2.75) is 25.4 Å². The maximum atomic E-state index is 14.0. The van der Waals surface area contributed by atoms with Gasteiger partial charge in [-0.25, -0.2) is 19.4 Å². The Morgan fingerprint density at radius 3 is 2.88 bits per heavy atom. The lowest BCUT2D eigenvalue weighted by atomic mass is 10.0. The highest BCUT2D eigenvalue weighted by Gasteiger charge is 2.31. The molecule has 1 fully saturated rings. The van der Waals surface area contributed by atoms with Gasteiger partial charge in [-0.15, -0.1) is 0 Å². The number of aromatic nitrogens is 1. The van der Waals surface area contributed by atoms with Crippen molar-refractivity contribution in [3.63, 3.8) is 0 Å². The number of H-pyrrole nitrogens is 1. The average molecular weight is 453 g/mol. The Morgan fingerprint density at radius 1 is 1.27 bits per heavy atom. The lowest BCUT2D eigenvalue weighted by Gasteiger charge is -2.37. The molecule has 33 heavy (non-hydrogen) atoms. The van der Waals surface area contributed by atoms with Crippen molar-refractivity contribution < 1.29 is 18.4 Å². The third-order valence-corrected chi connectivity index (χ3v) is 5.86. The number of benzene rings is 2. The highest BCUT2D eigenvalue weighted by Crippen LogP contribution is 2.20. The number of hydrogen-bond acceptors (Lipinski definition) is 3. The van der Waals surface area contributed by atoms with E-state index in [1.807, 2.05) is 24.3 Å². The first-order valence-electron chi connectivity index (χ1n) is 10.7. The molecule has 4 rings (SSSR count). The summed E-state index contributed by atoms with van der Waals surface area (Å²) in [6, 6.07) is 10.4. The van der Waals surface area contributed by atoms with E-state index in [0.717, 1.165) is 33.2 Å². The number of urea groups is 1. The molecule has 0 aliphatic carbocycles. The lowest BCUT2D eigenvalue weighted by molar-refractivity contribution is 0.0608. The molecule has 2 heterocycles. The van der Waals surface area contributed by atoms with Crippen LogP contribution in [-0.2, 0) is 6.54 Å². The second kappa shape index (κ2) is 9.41. The Balaban J connectivity index is 1.37. The first kappa shape index (κ1) is 22.5. The first-order chi connectivity index (χ1) is 15.9. The van der Waals surface area contributed by atoms with Crippen LogP contribution >= 0.6 is 0 Å². The third kappa shape index (κ3) is 4.73. The average Bonchev–Trinajstić information content (AvgIpc) is 3.25. The van der Waals surface area contributed by atoms with Crippen molar-refractivity contribution in [2.75, 3.05) is 13.1 Å². The molecule has 0 bridgehead atoms. The number of nitrogens with zero attached hydrogens (tertiary/aromatic N) is 2. The number of halogens is 2. The summed E-state index contributed by atoms with van der Waals surface area (Å²) >= 11 is 0. The van der Waals surface area contributed by atoms with Crippen LogP contribution in [0.1, 0.15) is 34.5 Å². The van der Waals surface area contributed by atoms with Gasteiger partial charge in [-0.1, -0.05) is 24.8 Å². The fourth-order valence-electron chi connectivity index (χ4n) is 4.07. The molecule has 1 aliphatic heterocycles. The van der Waals surface area contributed by atoms with E-state index in [9.17, 15) is 18.4 Å². The highest BCUT2D eigenvalue weighted by molar-refractivity contribution is 5.94. The largest absolute Gasteiger partial charge is 0.357 e. The van der Waals surface area contributed by atoms with Crippen LogP contribution in [0.25, 0.3) is 17.0 Å². The second-order valence-corrected chi connectivity index (χ2v) is 8.06. The number of carbonyl (C=O) groups excluding carboxylic acids is 2. The zero-order valence-electron chi connectivity index (χ0n) is 18.0. The zero-order chi connectivity index (χ0) is 23.5. The maximum Gasteiger partial charge on any atom is 0.332 e. The van der Waals surface area contributed by atoms with Crippen molar-refractivity contribution in [1.29, 1.82) is 0 Å². The van der Waals surface area contributed by atoms with Gasteiger partial charge in [-0.2, -0.15) is 0 Å². The number of carbonyl (C=O) groups is 2. The number of aromatic amines is 1. The van der Waals surface area contributed by atoms with Crippen molar-refractivity contribution in [1.82, 2.24) is 20.2 Å². The number of nitrogens with one attached hydrogen (secondary N) is 2. The molecule has 1 atom stereocenters. The van der Waals surface area contributed by atoms with Crippen molar-refractivity contribution >= 4 is 28.9 Å². The maximum absolute atomic E-state index is 14.0. The van der Waals surface area contributed by atoms with E-state index in [-0.39, 0.29) is 18.7 Å². The molecule has 0 spiro atoms. The Bertz CT molecular complexity index is 1210. The predicted molar refractivity (Wildman–Crippen MR) is 122 cm³/mol. The molecular weight excluding hydrogens is 428 g/mol. The third-order valence-electron chi connectivity index (χ3n) is 5.86.